The van der Waals surface area contributed by atoms with Gasteiger partial charge in [-0.15, -0.1) is 0 Å². The molecule has 1 aliphatic rings. The molecule has 0 saturated heterocycles. The van der Waals surface area contributed by atoms with Crippen molar-refractivity contribution in [2.75, 3.05) is 9.80 Å². The van der Waals surface area contributed by atoms with Crippen LogP contribution in [0.4, 0.5) is 34.1 Å². The maximum Gasteiger partial charge on any atom is 0.227 e. The Labute approximate surface area is 370 Å². The van der Waals surface area contributed by atoms with Gasteiger partial charge in [-0.2, -0.15) is 0 Å². The van der Waals surface area contributed by atoms with Gasteiger partial charge in [0.1, 0.15) is 11.3 Å². The van der Waals surface area contributed by atoms with E-state index in [1.54, 1.807) is 0 Å². The van der Waals surface area contributed by atoms with E-state index in [0.717, 1.165) is 88.0 Å². The molecule has 1 aliphatic heterocycles. The summed E-state index contributed by atoms with van der Waals surface area (Å²) in [5, 5.41) is 0. The Bertz CT molecular complexity index is 3150. The van der Waals surface area contributed by atoms with Crippen LogP contribution in [0.15, 0.2) is 235 Å². The van der Waals surface area contributed by atoms with Crippen LogP contribution in [0, 0.1) is 3.57 Å². The van der Waals surface area contributed by atoms with Crippen LogP contribution in [0.3, 0.4) is 0 Å². The van der Waals surface area contributed by atoms with Crippen molar-refractivity contribution in [2.24, 2.45) is 0 Å². The number of anilines is 6. The highest BCUT2D eigenvalue weighted by atomic mass is 127. The van der Waals surface area contributed by atoms with Crippen molar-refractivity contribution in [1.82, 2.24) is 4.98 Å². The molecule has 6 heteroatoms. The fourth-order valence-corrected chi connectivity index (χ4v) is 10.4. The molecule has 0 N–H and O–H groups in total. The molecule has 0 atom stereocenters. The maximum absolute atomic E-state index is 6.27. The minimum absolute atomic E-state index is 0.339. The highest BCUT2D eigenvalue weighted by molar-refractivity contribution is 14.2. The van der Waals surface area contributed by atoms with Gasteiger partial charge < -0.3 is 19.0 Å². The lowest BCUT2D eigenvalue weighted by atomic mass is 9.98. The van der Waals surface area contributed by atoms with E-state index >= 15 is 0 Å². The molecule has 62 heavy (non-hydrogen) atoms. The molecule has 11 rings (SSSR count). The van der Waals surface area contributed by atoms with E-state index in [0.29, 0.717) is 5.89 Å². The molecule has 0 aliphatic carbocycles. The third-order valence-corrected chi connectivity index (χ3v) is 13.9. The molecule has 0 amide bonds. The fourth-order valence-electron chi connectivity index (χ4n) is 7.95. The number of fused-ring (bicyclic) bond motifs is 2. The lowest BCUT2D eigenvalue weighted by molar-refractivity contribution is 0.567. The average molecular weight is 912 g/mol. The van der Waals surface area contributed by atoms with Crippen LogP contribution in [-0.2, 0) is 0 Å². The molecule has 0 bridgehead atoms. The summed E-state index contributed by atoms with van der Waals surface area (Å²) < 4.78 is 14.8. The summed E-state index contributed by atoms with van der Waals surface area (Å²) in [7, 11) is 0. The number of hydrogen-bond donors (Lipinski definition) is 0. The highest BCUT2D eigenvalue weighted by Crippen LogP contribution is 2.40. The van der Waals surface area contributed by atoms with Crippen LogP contribution in [0.1, 0.15) is 5.56 Å². The smallest absolute Gasteiger partial charge is 0.227 e. The number of ether oxygens (including phenoxy) is 1. The van der Waals surface area contributed by atoms with E-state index in [-0.39, 0.29) is 20.7 Å². The Morgan fingerprint density at radius 2 is 0.806 bits per heavy atom. The summed E-state index contributed by atoms with van der Waals surface area (Å²) in [5.74, 6) is 1.61. The van der Waals surface area contributed by atoms with Gasteiger partial charge in [0.05, 0.1) is 3.57 Å². The quantitative estimate of drug-likeness (QED) is 0.128. The van der Waals surface area contributed by atoms with Crippen LogP contribution < -0.4 is 14.5 Å². The number of nitrogens with zero attached hydrogens (tertiary/aromatic N) is 3. The molecule has 9 aromatic carbocycles. The molecular formula is C56H38IN3O2. The van der Waals surface area contributed by atoms with Crippen molar-refractivity contribution in [1.29, 1.82) is 0 Å². The number of hydrogen-bond acceptors (Lipinski definition) is 5. The van der Waals surface area contributed by atoms with Gasteiger partial charge in [0.15, 0.2) is 9.28 Å². The first-order valence-electron chi connectivity index (χ1n) is 20.6. The largest absolute Gasteiger partial charge is 0.450 e. The summed E-state index contributed by atoms with van der Waals surface area (Å²) >= 11 is -0.339. The molecule has 1 aromatic heterocycles. The zero-order valence-corrected chi connectivity index (χ0v) is 35.6. The molecule has 296 valence electrons. The van der Waals surface area contributed by atoms with Crippen LogP contribution >= 0.6 is 20.7 Å². The van der Waals surface area contributed by atoms with Crippen molar-refractivity contribution >= 4 is 69.6 Å². The first-order valence-corrected chi connectivity index (χ1v) is 22.7. The first-order chi connectivity index (χ1) is 30.7. The minimum Gasteiger partial charge on any atom is -0.450 e. The van der Waals surface area contributed by atoms with Crippen molar-refractivity contribution in [3.63, 3.8) is 0 Å². The van der Waals surface area contributed by atoms with Crippen molar-refractivity contribution < 1.29 is 9.15 Å². The predicted octanol–water partition coefficient (Wildman–Crippen LogP) is 15.5. The molecule has 0 radical (unpaired) electrons. The van der Waals surface area contributed by atoms with Gasteiger partial charge in [0, 0.05) is 45.3 Å². The lowest BCUT2D eigenvalue weighted by Crippen LogP contribution is -2.10. The number of oxazole rings is 1. The van der Waals surface area contributed by atoms with E-state index in [1.165, 1.54) is 3.57 Å². The molecule has 0 saturated carbocycles. The van der Waals surface area contributed by atoms with Crippen LogP contribution in [0.2, 0.25) is 0 Å². The summed E-state index contributed by atoms with van der Waals surface area (Å²) in [4.78, 5) is 9.28. The van der Waals surface area contributed by atoms with E-state index in [9.17, 15) is 0 Å². The zero-order chi connectivity index (χ0) is 41.2. The second kappa shape index (κ2) is 16.5. The molecular weight excluding hydrogens is 874 g/mol. The molecule has 0 unspecified atom stereocenters. The standard InChI is InChI=1S/C56H38IN3O2/c1-3-14-45(15-4-1)59(49-34-26-41(27-35-49)55-57-51-18-7-9-20-53(51)61-55)47-30-22-39(23-31-47)43-12-11-13-44(38-43)40-24-32-48(33-25-40)60(46-16-5-2-6-17-46)50-36-28-42(29-37-50)56-58-52-19-8-10-21-54(52)62-56/h1-38H. The number of rotatable bonds is 10. The number of halogens is 1. The Kier molecular flexibility index (Phi) is 9.96. The summed E-state index contributed by atoms with van der Waals surface area (Å²) in [6.07, 6.45) is 0. The zero-order valence-electron chi connectivity index (χ0n) is 33.5. The van der Waals surface area contributed by atoms with Crippen LogP contribution in [-0.4, -0.2) is 8.68 Å². The molecule has 0 spiro atoms. The lowest BCUT2D eigenvalue weighted by Gasteiger charge is -2.26. The van der Waals surface area contributed by atoms with Crippen molar-refractivity contribution in [3.05, 3.63) is 240 Å². The first kappa shape index (κ1) is 37.4. The van der Waals surface area contributed by atoms with Crippen molar-refractivity contribution in [2.45, 2.75) is 0 Å². The topological polar surface area (TPSA) is 41.7 Å². The van der Waals surface area contributed by atoms with Gasteiger partial charge in [-0.1, -0.05) is 103 Å². The molecule has 10 aromatic rings. The predicted molar refractivity (Wildman–Crippen MR) is 264 cm³/mol. The molecule has 5 nitrogen and oxygen atoms in total. The maximum atomic E-state index is 6.27. The second-order valence-electron chi connectivity index (χ2n) is 15.0. The number of para-hydroxylation sites is 5. The van der Waals surface area contributed by atoms with Gasteiger partial charge >= 0.3 is 0 Å². The Morgan fingerprint density at radius 3 is 1.34 bits per heavy atom. The fraction of sp³-hybridized carbons (Fsp3) is 0. The minimum atomic E-state index is -0.339. The summed E-state index contributed by atoms with van der Waals surface area (Å²) in [6.45, 7) is 0. The third-order valence-electron chi connectivity index (χ3n) is 11.1. The Hall–Kier alpha value is -7.55. The van der Waals surface area contributed by atoms with Crippen molar-refractivity contribution in [3.8, 4) is 39.5 Å². The number of benzene rings is 9. The summed E-state index contributed by atoms with van der Waals surface area (Å²) in [5.41, 5.74) is 14.8. The SMILES string of the molecule is c1ccc(N(c2ccc(C3=Ic4ccccc4O3)cc2)c2ccc(-c3cccc(-c4ccc(N(c5ccccc5)c5ccc(-c6nc7ccccc7o6)cc5)cc4)c3)cc2)cc1. The Morgan fingerprint density at radius 1 is 0.355 bits per heavy atom. The third kappa shape index (κ3) is 7.46. The van der Waals surface area contributed by atoms with E-state index in [4.69, 9.17) is 14.1 Å². The summed E-state index contributed by atoms with van der Waals surface area (Å²) in [6, 6.07) is 80.9. The van der Waals surface area contributed by atoms with Gasteiger partial charge in [-0.3, -0.25) is 0 Å². The molecule has 2 heterocycles. The van der Waals surface area contributed by atoms with E-state index in [1.807, 2.05) is 36.4 Å². The van der Waals surface area contributed by atoms with E-state index < -0.39 is 0 Å². The Balaban J connectivity index is 0.846. The molecule has 0 fully saturated rings. The van der Waals surface area contributed by atoms with Crippen LogP contribution in [0.5, 0.6) is 5.75 Å². The normalized spacial score (nSPS) is 11.9. The monoisotopic (exact) mass is 911 g/mol. The van der Waals surface area contributed by atoms with Gasteiger partial charge in [-0.25, -0.2) is 4.98 Å². The second-order valence-corrected chi connectivity index (χ2v) is 17.7. The van der Waals surface area contributed by atoms with Crippen LogP contribution in [0.25, 0.3) is 44.8 Å². The average Bonchev–Trinajstić information content (AvgIpc) is 3.99. The van der Waals surface area contributed by atoms with Gasteiger partial charge in [-0.05, 0) is 170 Å². The number of aromatic nitrogens is 1. The van der Waals surface area contributed by atoms with Gasteiger partial charge in [0.25, 0.3) is 0 Å². The van der Waals surface area contributed by atoms with Gasteiger partial charge in [0.2, 0.25) is 5.89 Å². The highest BCUT2D eigenvalue weighted by Gasteiger charge is 2.19. The van der Waals surface area contributed by atoms with E-state index in [2.05, 4.69) is 204 Å².